The normalized spacial score (nSPS) is 17.5. The quantitative estimate of drug-likeness (QED) is 0.839. The Labute approximate surface area is 153 Å². The summed E-state index contributed by atoms with van der Waals surface area (Å²) in [4.78, 5) is 26.8. The van der Waals surface area contributed by atoms with Gasteiger partial charge in [-0.25, -0.2) is 0 Å². The maximum atomic E-state index is 12.5. The standard InChI is InChI=1S/C18H16N2O3.C3H6/c1-23-12-7-5-11(6-8-12)17-19-18(22)14-4-2-3-13-15(21)9-10-20(17)16(13)14;1-3-2/h2-8,17H,9-10H2,1H3,(H,19,22);3H,1H2,2H3. The van der Waals surface area contributed by atoms with Crippen LogP contribution in [0.4, 0.5) is 5.69 Å². The molecule has 0 saturated carbocycles. The average molecular weight is 350 g/mol. The summed E-state index contributed by atoms with van der Waals surface area (Å²) in [6, 6.07) is 13.0. The lowest BCUT2D eigenvalue weighted by atomic mass is 9.92. The van der Waals surface area contributed by atoms with Crippen LogP contribution in [0.15, 0.2) is 55.1 Å². The van der Waals surface area contributed by atoms with Crippen molar-refractivity contribution in [2.45, 2.75) is 19.5 Å². The number of ether oxygens (including phenoxy) is 1. The second-order valence-corrected chi connectivity index (χ2v) is 6.13. The fraction of sp³-hybridized carbons (Fsp3) is 0.238. The number of methoxy groups -OCH3 is 1. The molecular formula is C21H22N2O3. The fourth-order valence-electron chi connectivity index (χ4n) is 3.32. The zero-order valence-electron chi connectivity index (χ0n) is 15.0. The van der Waals surface area contributed by atoms with E-state index >= 15 is 0 Å². The SMILES string of the molecule is C=CC.COc1ccc(C2NC(=O)c3cccc4c3N2CCC4=O)cc1. The summed E-state index contributed by atoms with van der Waals surface area (Å²) in [5.74, 6) is 0.723. The highest BCUT2D eigenvalue weighted by Crippen LogP contribution is 2.39. The van der Waals surface area contributed by atoms with Gasteiger partial charge in [-0.3, -0.25) is 9.59 Å². The van der Waals surface area contributed by atoms with Crippen molar-refractivity contribution in [3.8, 4) is 5.75 Å². The molecule has 0 saturated heterocycles. The first-order chi connectivity index (χ1) is 12.6. The monoisotopic (exact) mass is 350 g/mol. The van der Waals surface area contributed by atoms with Crippen molar-refractivity contribution in [2.24, 2.45) is 0 Å². The molecule has 2 aromatic carbocycles. The van der Waals surface area contributed by atoms with Gasteiger partial charge in [0.05, 0.1) is 18.4 Å². The first kappa shape index (κ1) is 17.7. The summed E-state index contributed by atoms with van der Waals surface area (Å²) in [6.07, 6.45) is 1.94. The highest BCUT2D eigenvalue weighted by Gasteiger charge is 2.37. The van der Waals surface area contributed by atoms with Crippen molar-refractivity contribution in [1.29, 1.82) is 0 Å². The average Bonchev–Trinajstić information content (AvgIpc) is 2.67. The zero-order chi connectivity index (χ0) is 18.7. The number of nitrogens with zero attached hydrogens (tertiary/aromatic N) is 1. The third-order valence-corrected chi connectivity index (χ3v) is 4.46. The minimum atomic E-state index is -0.268. The molecule has 0 fully saturated rings. The van der Waals surface area contributed by atoms with E-state index in [0.717, 1.165) is 17.0 Å². The van der Waals surface area contributed by atoms with E-state index in [9.17, 15) is 9.59 Å². The molecule has 26 heavy (non-hydrogen) atoms. The largest absolute Gasteiger partial charge is 0.497 e. The summed E-state index contributed by atoms with van der Waals surface area (Å²) in [6.45, 7) is 5.85. The number of hydrogen-bond donors (Lipinski definition) is 1. The van der Waals surface area contributed by atoms with E-state index in [0.29, 0.717) is 24.1 Å². The number of nitrogens with one attached hydrogen (secondary N) is 1. The molecule has 2 heterocycles. The van der Waals surface area contributed by atoms with E-state index in [1.165, 1.54) is 0 Å². The molecule has 4 rings (SSSR count). The van der Waals surface area contributed by atoms with Crippen molar-refractivity contribution in [3.63, 3.8) is 0 Å². The summed E-state index contributed by atoms with van der Waals surface area (Å²) in [5.41, 5.74) is 2.93. The van der Waals surface area contributed by atoms with Gasteiger partial charge in [-0.15, -0.1) is 6.58 Å². The van der Waals surface area contributed by atoms with Crippen LogP contribution in [0.3, 0.4) is 0 Å². The number of carbonyl (C=O) groups excluding carboxylic acids is 2. The van der Waals surface area contributed by atoms with Crippen LogP contribution < -0.4 is 15.0 Å². The fourth-order valence-corrected chi connectivity index (χ4v) is 3.32. The Morgan fingerprint density at radius 2 is 1.81 bits per heavy atom. The van der Waals surface area contributed by atoms with Crippen LogP contribution in [-0.2, 0) is 0 Å². The number of ketones is 1. The molecule has 0 aliphatic carbocycles. The molecule has 2 aliphatic heterocycles. The number of Topliss-reactive ketones (excluding diaryl/α,β-unsaturated/α-hetero) is 1. The minimum Gasteiger partial charge on any atom is -0.497 e. The van der Waals surface area contributed by atoms with Crippen LogP contribution >= 0.6 is 0 Å². The van der Waals surface area contributed by atoms with Crippen LogP contribution in [0.2, 0.25) is 0 Å². The topological polar surface area (TPSA) is 58.6 Å². The molecule has 1 N–H and O–H groups in total. The lowest BCUT2D eigenvalue weighted by molar-refractivity contribution is 0.0921. The molecule has 0 bridgehead atoms. The van der Waals surface area contributed by atoms with E-state index < -0.39 is 0 Å². The van der Waals surface area contributed by atoms with Crippen LogP contribution in [0.1, 0.15) is 45.8 Å². The number of para-hydroxylation sites is 1. The van der Waals surface area contributed by atoms with Gasteiger partial charge in [0.15, 0.2) is 5.78 Å². The Morgan fingerprint density at radius 3 is 2.46 bits per heavy atom. The molecule has 134 valence electrons. The maximum Gasteiger partial charge on any atom is 0.255 e. The van der Waals surface area contributed by atoms with Gasteiger partial charge in [-0.05, 0) is 36.8 Å². The van der Waals surface area contributed by atoms with Gasteiger partial charge in [0.2, 0.25) is 0 Å². The molecule has 0 aromatic heterocycles. The number of hydrogen-bond acceptors (Lipinski definition) is 4. The third kappa shape index (κ3) is 3.08. The first-order valence-corrected chi connectivity index (χ1v) is 8.55. The predicted molar refractivity (Wildman–Crippen MR) is 102 cm³/mol. The van der Waals surface area contributed by atoms with E-state index in [-0.39, 0.29) is 17.9 Å². The smallest absolute Gasteiger partial charge is 0.255 e. The van der Waals surface area contributed by atoms with Crippen molar-refractivity contribution < 1.29 is 14.3 Å². The van der Waals surface area contributed by atoms with Gasteiger partial charge in [0.1, 0.15) is 11.9 Å². The predicted octanol–water partition coefficient (Wildman–Crippen LogP) is 3.72. The van der Waals surface area contributed by atoms with Gasteiger partial charge in [0, 0.05) is 18.5 Å². The first-order valence-electron chi connectivity index (χ1n) is 8.55. The van der Waals surface area contributed by atoms with Gasteiger partial charge in [-0.1, -0.05) is 24.3 Å². The van der Waals surface area contributed by atoms with E-state index in [1.54, 1.807) is 31.4 Å². The minimum absolute atomic E-state index is 0.0984. The van der Waals surface area contributed by atoms with Crippen LogP contribution in [0, 0.1) is 0 Å². The van der Waals surface area contributed by atoms with Crippen LogP contribution in [-0.4, -0.2) is 25.3 Å². The molecule has 5 nitrogen and oxygen atoms in total. The Hall–Kier alpha value is -3.08. The number of rotatable bonds is 2. The van der Waals surface area contributed by atoms with Crippen LogP contribution in [0.25, 0.3) is 0 Å². The number of allylic oxidation sites excluding steroid dienone is 1. The van der Waals surface area contributed by atoms with Gasteiger partial charge < -0.3 is 15.0 Å². The highest BCUT2D eigenvalue weighted by molar-refractivity contribution is 6.11. The van der Waals surface area contributed by atoms with Crippen molar-refractivity contribution in [2.75, 3.05) is 18.6 Å². The molecule has 0 spiro atoms. The van der Waals surface area contributed by atoms with Gasteiger partial charge >= 0.3 is 0 Å². The number of carbonyl (C=O) groups is 2. The summed E-state index contributed by atoms with van der Waals surface area (Å²) in [5, 5.41) is 3.04. The Bertz CT molecular complexity index is 829. The Kier molecular flexibility index (Phi) is 5.07. The molecule has 1 unspecified atom stereocenters. The van der Waals surface area contributed by atoms with E-state index in [1.807, 2.05) is 31.2 Å². The molecule has 2 aliphatic rings. The van der Waals surface area contributed by atoms with Crippen molar-refractivity contribution in [1.82, 2.24) is 5.32 Å². The second kappa shape index (κ2) is 7.44. The maximum absolute atomic E-state index is 12.5. The third-order valence-electron chi connectivity index (χ3n) is 4.46. The summed E-state index contributed by atoms with van der Waals surface area (Å²) in [7, 11) is 1.62. The number of anilines is 1. The van der Waals surface area contributed by atoms with Gasteiger partial charge in [-0.2, -0.15) is 0 Å². The van der Waals surface area contributed by atoms with Gasteiger partial charge in [0.25, 0.3) is 5.91 Å². The molecule has 1 amide bonds. The molecular weight excluding hydrogens is 328 g/mol. The summed E-state index contributed by atoms with van der Waals surface area (Å²) >= 11 is 0. The lowest BCUT2D eigenvalue weighted by Crippen LogP contribution is -2.49. The van der Waals surface area contributed by atoms with E-state index in [4.69, 9.17) is 4.74 Å². The van der Waals surface area contributed by atoms with Crippen LogP contribution in [0.5, 0.6) is 5.75 Å². The molecule has 5 heteroatoms. The Morgan fingerprint density at radius 1 is 1.15 bits per heavy atom. The molecule has 0 radical (unpaired) electrons. The van der Waals surface area contributed by atoms with E-state index in [2.05, 4.69) is 16.8 Å². The Balaban J connectivity index is 0.000000613. The highest BCUT2D eigenvalue weighted by atomic mass is 16.5. The number of benzene rings is 2. The lowest BCUT2D eigenvalue weighted by Gasteiger charge is -2.42. The molecule has 2 aromatic rings. The van der Waals surface area contributed by atoms with Crippen molar-refractivity contribution in [3.05, 3.63) is 71.8 Å². The van der Waals surface area contributed by atoms with Crippen molar-refractivity contribution >= 4 is 17.4 Å². The molecule has 1 atom stereocenters. The summed E-state index contributed by atoms with van der Waals surface area (Å²) < 4.78 is 5.19. The zero-order valence-corrected chi connectivity index (χ0v) is 15.0. The number of amides is 1. The second-order valence-electron chi connectivity index (χ2n) is 6.13.